The summed E-state index contributed by atoms with van der Waals surface area (Å²) in [5.41, 5.74) is 3.33. The zero-order valence-electron chi connectivity index (χ0n) is 16.6. The average molecular weight is 393 g/mol. The summed E-state index contributed by atoms with van der Waals surface area (Å²) in [6.07, 6.45) is 1.04. The van der Waals surface area contributed by atoms with Crippen LogP contribution in [0.5, 0.6) is 0 Å². The molecule has 2 aliphatic rings. The van der Waals surface area contributed by atoms with Crippen molar-refractivity contribution in [2.24, 2.45) is 0 Å². The number of rotatable bonds is 4. The molecule has 2 heterocycles. The molecule has 4 rings (SSSR count). The van der Waals surface area contributed by atoms with Gasteiger partial charge in [0, 0.05) is 63.5 Å². The Morgan fingerprint density at radius 3 is 1.90 bits per heavy atom. The third-order valence-corrected chi connectivity index (χ3v) is 5.64. The predicted molar refractivity (Wildman–Crippen MR) is 113 cm³/mol. The molecule has 0 atom stereocenters. The number of ether oxygens (including phenoxy) is 1. The molecule has 0 saturated carbocycles. The minimum Gasteiger partial charge on any atom is -0.445 e. The van der Waals surface area contributed by atoms with Crippen molar-refractivity contribution in [1.29, 1.82) is 0 Å². The zero-order chi connectivity index (χ0) is 20.1. The predicted octanol–water partition coefficient (Wildman–Crippen LogP) is 3.31. The van der Waals surface area contributed by atoms with Gasteiger partial charge in [0.2, 0.25) is 0 Å². The van der Waals surface area contributed by atoms with E-state index in [1.54, 1.807) is 4.90 Å². The molecule has 0 radical (unpaired) electrons. The lowest BCUT2D eigenvalue weighted by Gasteiger charge is -2.36. The maximum absolute atomic E-state index is 12.3. The van der Waals surface area contributed by atoms with Crippen LogP contribution in [0.1, 0.15) is 18.4 Å². The number of benzene rings is 2. The van der Waals surface area contributed by atoms with Gasteiger partial charge in [0.1, 0.15) is 12.4 Å². The molecule has 0 unspecified atom stereocenters. The Morgan fingerprint density at radius 2 is 1.31 bits per heavy atom. The largest absolute Gasteiger partial charge is 0.445 e. The maximum Gasteiger partial charge on any atom is 0.410 e. The minimum atomic E-state index is -0.247. The monoisotopic (exact) mass is 393 g/mol. The fraction of sp³-hybridized carbons (Fsp3) is 0.391. The summed E-state index contributed by atoms with van der Waals surface area (Å²) in [5, 5.41) is 0. The van der Waals surface area contributed by atoms with E-state index in [1.165, 1.54) is 11.4 Å². The van der Waals surface area contributed by atoms with Crippen molar-refractivity contribution in [2.75, 3.05) is 49.1 Å². The first-order valence-electron chi connectivity index (χ1n) is 10.3. The zero-order valence-corrected chi connectivity index (χ0v) is 16.6. The van der Waals surface area contributed by atoms with Gasteiger partial charge in [-0.2, -0.15) is 0 Å². The molecule has 2 aromatic rings. The Morgan fingerprint density at radius 1 is 0.759 bits per heavy atom. The Hall–Kier alpha value is -3.02. The van der Waals surface area contributed by atoms with Gasteiger partial charge in [-0.1, -0.05) is 30.3 Å². The van der Waals surface area contributed by atoms with Crippen LogP contribution >= 0.6 is 0 Å². The third-order valence-electron chi connectivity index (χ3n) is 5.64. The van der Waals surface area contributed by atoms with Crippen molar-refractivity contribution < 1.29 is 14.3 Å². The first kappa shape index (κ1) is 19.3. The van der Waals surface area contributed by atoms with E-state index in [4.69, 9.17) is 4.74 Å². The van der Waals surface area contributed by atoms with Gasteiger partial charge in [-0.15, -0.1) is 0 Å². The number of carbonyl (C=O) groups excluding carboxylic acids is 2. The molecule has 0 aliphatic carbocycles. The molecule has 0 bridgehead atoms. The van der Waals surface area contributed by atoms with Gasteiger partial charge >= 0.3 is 6.09 Å². The Bertz CT molecular complexity index is 820. The second-order valence-electron chi connectivity index (χ2n) is 7.56. The second-order valence-corrected chi connectivity index (χ2v) is 7.56. The SMILES string of the molecule is O=C1CCN(c2ccc(N3CCN(C(=O)OCc4ccccc4)CC3)cc2)CC1. The summed E-state index contributed by atoms with van der Waals surface area (Å²) in [6, 6.07) is 18.3. The molecule has 2 aliphatic heterocycles. The van der Waals surface area contributed by atoms with Gasteiger partial charge in [0.05, 0.1) is 0 Å². The number of amides is 1. The highest BCUT2D eigenvalue weighted by Crippen LogP contribution is 2.24. The lowest BCUT2D eigenvalue weighted by atomic mass is 10.1. The summed E-state index contributed by atoms with van der Waals surface area (Å²) in [7, 11) is 0. The number of carbonyl (C=O) groups is 2. The van der Waals surface area contributed by atoms with Gasteiger partial charge in [0.15, 0.2) is 0 Å². The van der Waals surface area contributed by atoms with Gasteiger partial charge in [-0.05, 0) is 29.8 Å². The molecule has 6 heteroatoms. The Kier molecular flexibility index (Phi) is 5.98. The molecule has 0 aromatic heterocycles. The number of hydrogen-bond donors (Lipinski definition) is 0. The fourth-order valence-electron chi connectivity index (χ4n) is 3.85. The number of Topliss-reactive ketones (excluding diaryl/α,β-unsaturated/α-hetero) is 1. The summed E-state index contributed by atoms with van der Waals surface area (Å²) in [4.78, 5) is 30.1. The van der Waals surface area contributed by atoms with Crippen LogP contribution in [0, 0.1) is 0 Å². The lowest BCUT2D eigenvalue weighted by molar-refractivity contribution is -0.119. The van der Waals surface area contributed by atoms with Gasteiger partial charge in [0.25, 0.3) is 0 Å². The molecular weight excluding hydrogens is 366 g/mol. The van der Waals surface area contributed by atoms with Crippen LogP contribution in [0.15, 0.2) is 54.6 Å². The molecular formula is C23H27N3O3. The topological polar surface area (TPSA) is 53.1 Å². The molecule has 152 valence electrons. The summed E-state index contributed by atoms with van der Waals surface area (Å²) >= 11 is 0. The summed E-state index contributed by atoms with van der Waals surface area (Å²) < 4.78 is 5.44. The molecule has 2 aromatic carbocycles. The minimum absolute atomic E-state index is 0.247. The molecule has 0 spiro atoms. The van der Waals surface area contributed by atoms with E-state index in [2.05, 4.69) is 34.1 Å². The molecule has 6 nitrogen and oxygen atoms in total. The van der Waals surface area contributed by atoms with Crippen molar-refractivity contribution in [3.05, 3.63) is 60.2 Å². The number of ketones is 1. The van der Waals surface area contributed by atoms with Gasteiger partial charge in [-0.25, -0.2) is 4.79 Å². The third kappa shape index (κ3) is 4.88. The van der Waals surface area contributed by atoms with E-state index in [0.717, 1.165) is 31.7 Å². The molecule has 2 saturated heterocycles. The Labute approximate surface area is 171 Å². The standard InChI is InChI=1S/C23H27N3O3/c27-22-10-12-24(13-11-22)20-6-8-21(9-7-20)25-14-16-26(17-15-25)23(28)29-18-19-4-2-1-3-5-19/h1-9H,10-18H2. The number of hydrogen-bond acceptors (Lipinski definition) is 5. The molecule has 1 amide bonds. The van der Waals surface area contributed by atoms with Crippen LogP contribution in [-0.4, -0.2) is 56.0 Å². The van der Waals surface area contributed by atoms with Crippen molar-refractivity contribution in [3.63, 3.8) is 0 Å². The highest BCUT2D eigenvalue weighted by Gasteiger charge is 2.23. The van der Waals surface area contributed by atoms with Crippen LogP contribution in [0.4, 0.5) is 16.2 Å². The van der Waals surface area contributed by atoms with Crippen LogP contribution in [0.25, 0.3) is 0 Å². The first-order chi connectivity index (χ1) is 14.2. The maximum atomic E-state index is 12.3. The quantitative estimate of drug-likeness (QED) is 0.798. The average Bonchev–Trinajstić information content (AvgIpc) is 2.79. The molecule has 2 fully saturated rings. The Balaban J connectivity index is 1.26. The van der Waals surface area contributed by atoms with E-state index in [9.17, 15) is 9.59 Å². The highest BCUT2D eigenvalue weighted by molar-refractivity contribution is 5.81. The fourth-order valence-corrected chi connectivity index (χ4v) is 3.85. The molecule has 29 heavy (non-hydrogen) atoms. The van der Waals surface area contributed by atoms with Gasteiger partial charge < -0.3 is 19.4 Å². The lowest BCUT2D eigenvalue weighted by Crippen LogP contribution is -2.48. The smallest absolute Gasteiger partial charge is 0.410 e. The van der Waals surface area contributed by atoms with Crippen LogP contribution < -0.4 is 9.80 Å². The number of piperidine rings is 1. The van der Waals surface area contributed by atoms with Crippen molar-refractivity contribution in [3.8, 4) is 0 Å². The number of piperazine rings is 1. The van der Waals surface area contributed by atoms with Crippen LogP contribution in [-0.2, 0) is 16.1 Å². The summed E-state index contributed by atoms with van der Waals surface area (Å²) in [6.45, 7) is 4.82. The van der Waals surface area contributed by atoms with Crippen molar-refractivity contribution in [2.45, 2.75) is 19.4 Å². The van der Waals surface area contributed by atoms with Crippen LogP contribution in [0.3, 0.4) is 0 Å². The first-order valence-corrected chi connectivity index (χ1v) is 10.3. The number of nitrogens with zero attached hydrogens (tertiary/aromatic N) is 3. The highest BCUT2D eigenvalue weighted by atomic mass is 16.6. The van der Waals surface area contributed by atoms with Gasteiger partial charge in [-0.3, -0.25) is 4.79 Å². The normalized spacial score (nSPS) is 17.4. The molecule has 0 N–H and O–H groups in total. The van der Waals surface area contributed by atoms with E-state index in [-0.39, 0.29) is 6.09 Å². The van der Waals surface area contributed by atoms with E-state index in [0.29, 0.717) is 38.3 Å². The van der Waals surface area contributed by atoms with E-state index in [1.807, 2.05) is 30.3 Å². The van der Waals surface area contributed by atoms with E-state index >= 15 is 0 Å². The summed E-state index contributed by atoms with van der Waals surface area (Å²) in [5.74, 6) is 0.359. The number of anilines is 2. The second kappa shape index (κ2) is 8.99. The van der Waals surface area contributed by atoms with E-state index < -0.39 is 0 Å². The van der Waals surface area contributed by atoms with Crippen molar-refractivity contribution >= 4 is 23.3 Å². The van der Waals surface area contributed by atoms with Crippen molar-refractivity contribution in [1.82, 2.24) is 4.90 Å². The van der Waals surface area contributed by atoms with Crippen LogP contribution in [0.2, 0.25) is 0 Å².